The molecule has 0 spiro atoms. The maximum absolute atomic E-state index is 16.0. The number of aromatic amines is 1. The van der Waals surface area contributed by atoms with Gasteiger partial charge in [-0.2, -0.15) is 0 Å². The summed E-state index contributed by atoms with van der Waals surface area (Å²) in [7, 11) is -4.16. The number of benzene rings is 1. The number of alkyl halides is 1. The molecule has 0 aliphatic carbocycles. The predicted octanol–water partition coefficient (Wildman–Crippen LogP) is 3.66. The Hall–Kier alpha value is -2.54. The molecule has 0 bridgehead atoms. The molecule has 0 amide bonds. The third-order valence-electron chi connectivity index (χ3n) is 5.77. The van der Waals surface area contributed by atoms with Crippen LogP contribution in [-0.2, 0) is 32.3 Å². The van der Waals surface area contributed by atoms with Crippen molar-refractivity contribution < 1.29 is 41.5 Å². The van der Waals surface area contributed by atoms with Gasteiger partial charge in [0.25, 0.3) is 5.56 Å². The molecule has 2 saturated heterocycles. The molecule has 12 nitrogen and oxygen atoms in total. The lowest BCUT2D eigenvalue weighted by molar-refractivity contribution is -0.0662. The number of halogens is 2. The summed E-state index contributed by atoms with van der Waals surface area (Å²) in [5.41, 5.74) is -3.49. The van der Waals surface area contributed by atoms with Crippen LogP contribution in [0.2, 0.25) is 5.02 Å². The summed E-state index contributed by atoms with van der Waals surface area (Å²) in [5, 5.41) is 0.465. The van der Waals surface area contributed by atoms with Gasteiger partial charge in [0.1, 0.15) is 6.10 Å². The minimum atomic E-state index is -4.16. The molecule has 4 rings (SSSR count). The molecule has 1 aromatic carbocycles. The van der Waals surface area contributed by atoms with Crippen molar-refractivity contribution in [1.82, 2.24) is 9.55 Å². The molecular formula is C22H25ClFN2O10P. The zero-order valence-corrected chi connectivity index (χ0v) is 21.5. The lowest BCUT2D eigenvalue weighted by Crippen LogP contribution is -2.46. The molecule has 1 aromatic heterocycles. The number of aromatic nitrogens is 2. The van der Waals surface area contributed by atoms with Gasteiger partial charge >= 0.3 is 19.7 Å². The fourth-order valence-corrected chi connectivity index (χ4v) is 5.67. The summed E-state index contributed by atoms with van der Waals surface area (Å²) >= 11 is 6.04. The molecule has 0 saturated carbocycles. The van der Waals surface area contributed by atoms with Gasteiger partial charge in [0.2, 0.25) is 0 Å². The molecule has 2 aliphatic heterocycles. The van der Waals surface area contributed by atoms with Gasteiger partial charge in [-0.3, -0.25) is 27.9 Å². The Kier molecular flexibility index (Phi) is 8.22. The topological polar surface area (TPSA) is 144 Å². The smallest absolute Gasteiger partial charge is 0.435 e. The van der Waals surface area contributed by atoms with Crippen LogP contribution in [0.1, 0.15) is 38.2 Å². The van der Waals surface area contributed by atoms with E-state index in [1.165, 1.54) is 6.92 Å². The lowest BCUT2D eigenvalue weighted by Gasteiger charge is -2.30. The normalized spacial score (nSPS) is 31.7. The van der Waals surface area contributed by atoms with E-state index in [1.54, 1.807) is 24.3 Å². The maximum Gasteiger partial charge on any atom is 0.508 e. The molecular weight excluding hydrogens is 538 g/mol. The highest BCUT2D eigenvalue weighted by molar-refractivity contribution is 7.48. The number of phosphoric acid groups is 1. The third kappa shape index (κ3) is 6.14. The number of hydrogen-bond donors (Lipinski definition) is 1. The van der Waals surface area contributed by atoms with E-state index >= 15 is 4.39 Å². The van der Waals surface area contributed by atoms with Gasteiger partial charge in [0.05, 0.1) is 25.9 Å². The number of ether oxygens (including phenoxy) is 3. The average Bonchev–Trinajstić information content (AvgIpc) is 3.07. The first-order valence-electron chi connectivity index (χ1n) is 11.3. The first-order chi connectivity index (χ1) is 17.5. The first-order valence-corrected chi connectivity index (χ1v) is 13.2. The van der Waals surface area contributed by atoms with Gasteiger partial charge in [-0.15, -0.1) is 0 Å². The fourth-order valence-electron chi connectivity index (χ4n) is 4.07. The quantitative estimate of drug-likeness (QED) is 0.392. The average molecular weight is 563 g/mol. The number of phosphoric ester groups is 1. The second-order valence-electron chi connectivity index (χ2n) is 8.43. The van der Waals surface area contributed by atoms with E-state index in [9.17, 15) is 18.9 Å². The van der Waals surface area contributed by atoms with E-state index in [0.29, 0.717) is 17.0 Å². The van der Waals surface area contributed by atoms with Gasteiger partial charge in [-0.05, 0) is 31.5 Å². The van der Waals surface area contributed by atoms with Crippen LogP contribution < -0.4 is 11.2 Å². The Bertz CT molecular complexity index is 1300. The lowest BCUT2D eigenvalue weighted by atomic mass is 9.98. The largest absolute Gasteiger partial charge is 0.508 e. The first kappa shape index (κ1) is 27.5. The number of carbonyl (C=O) groups is 1. The van der Waals surface area contributed by atoms with Crippen molar-refractivity contribution >= 4 is 25.6 Å². The van der Waals surface area contributed by atoms with E-state index in [4.69, 9.17) is 39.4 Å². The molecule has 2 fully saturated rings. The SMILES string of the molecule is CCOC(=O)O[C@@H]1[C@@H](CO[P@@]2(=O)OCC[C@@H](c3cccc(Cl)c3)O2)O[C@@H](n2ccc(=O)[nH]c2=O)[C@]1(C)F. The van der Waals surface area contributed by atoms with Crippen molar-refractivity contribution in [2.24, 2.45) is 0 Å². The number of hydrogen-bond acceptors (Lipinski definition) is 10. The fraction of sp³-hybridized carbons (Fsp3) is 0.500. The minimum absolute atomic E-state index is 0.0405. The van der Waals surface area contributed by atoms with Crippen LogP contribution in [0.5, 0.6) is 0 Å². The third-order valence-corrected chi connectivity index (χ3v) is 7.48. The molecule has 2 aromatic rings. The summed E-state index contributed by atoms with van der Waals surface area (Å²) in [6.07, 6.45) is -5.08. The highest BCUT2D eigenvalue weighted by Gasteiger charge is 2.59. The van der Waals surface area contributed by atoms with Gasteiger partial charge in [-0.1, -0.05) is 23.7 Å². The Morgan fingerprint density at radius 2 is 2.14 bits per heavy atom. The van der Waals surface area contributed by atoms with Gasteiger partial charge < -0.3 is 14.2 Å². The Morgan fingerprint density at radius 1 is 1.35 bits per heavy atom. The molecule has 3 heterocycles. The van der Waals surface area contributed by atoms with Crippen LogP contribution in [-0.4, -0.2) is 53.4 Å². The molecule has 15 heteroatoms. The molecule has 1 N–H and O–H groups in total. The summed E-state index contributed by atoms with van der Waals surface area (Å²) in [6.45, 7) is 1.98. The van der Waals surface area contributed by atoms with Crippen LogP contribution in [0.25, 0.3) is 0 Å². The molecule has 37 heavy (non-hydrogen) atoms. The van der Waals surface area contributed by atoms with E-state index in [1.807, 2.05) is 4.98 Å². The van der Waals surface area contributed by atoms with Crippen molar-refractivity contribution in [3.05, 3.63) is 68.0 Å². The zero-order chi connectivity index (χ0) is 26.8. The van der Waals surface area contributed by atoms with Crippen molar-refractivity contribution in [2.45, 2.75) is 50.5 Å². The van der Waals surface area contributed by atoms with Crippen LogP contribution in [0, 0.1) is 0 Å². The maximum atomic E-state index is 16.0. The number of nitrogens with one attached hydrogen (secondary N) is 1. The number of rotatable bonds is 7. The standard InChI is InChI=1S/C22H25ClFN2O10P/c1-3-31-21(29)35-18-16(34-19(22(18,2)24)26-9-7-17(27)25-20(26)28)12-33-37(30)32-10-8-15(36-37)13-5-4-6-14(23)11-13/h4-7,9,11,15-16,18-19H,3,8,10,12H2,1-2H3,(H,25,27,28)/t15-,16+,18+,19+,22+,37+/m0/s1. The second-order valence-corrected chi connectivity index (χ2v) is 10.5. The second kappa shape index (κ2) is 11.1. The predicted molar refractivity (Wildman–Crippen MR) is 126 cm³/mol. The molecule has 0 unspecified atom stereocenters. The Balaban J connectivity index is 1.55. The Labute approximate surface area is 215 Å². The highest BCUT2D eigenvalue weighted by Crippen LogP contribution is 2.57. The molecule has 202 valence electrons. The van der Waals surface area contributed by atoms with Crippen LogP contribution >= 0.6 is 19.4 Å². The van der Waals surface area contributed by atoms with Crippen molar-refractivity contribution in [2.75, 3.05) is 19.8 Å². The van der Waals surface area contributed by atoms with Crippen LogP contribution in [0.15, 0.2) is 46.1 Å². The Morgan fingerprint density at radius 3 is 2.84 bits per heavy atom. The van der Waals surface area contributed by atoms with Gasteiger partial charge in [0, 0.05) is 23.7 Å². The molecule has 2 aliphatic rings. The van der Waals surface area contributed by atoms with Crippen LogP contribution in [0.4, 0.5) is 9.18 Å². The summed E-state index contributed by atoms with van der Waals surface area (Å²) in [5.74, 6) is 0. The van der Waals surface area contributed by atoms with Crippen molar-refractivity contribution in [1.29, 1.82) is 0 Å². The van der Waals surface area contributed by atoms with Crippen molar-refractivity contribution in [3.63, 3.8) is 0 Å². The summed E-state index contributed by atoms with van der Waals surface area (Å²) < 4.78 is 62.0. The number of carbonyl (C=O) groups excluding carboxylic acids is 1. The van der Waals surface area contributed by atoms with Gasteiger partial charge in [-0.25, -0.2) is 18.5 Å². The minimum Gasteiger partial charge on any atom is -0.435 e. The monoisotopic (exact) mass is 562 g/mol. The van der Waals surface area contributed by atoms with Gasteiger partial charge in [0.15, 0.2) is 18.0 Å². The summed E-state index contributed by atoms with van der Waals surface area (Å²) in [4.78, 5) is 37.8. The highest BCUT2D eigenvalue weighted by atomic mass is 35.5. The van der Waals surface area contributed by atoms with E-state index in [-0.39, 0.29) is 13.2 Å². The number of H-pyrrole nitrogens is 1. The zero-order valence-electron chi connectivity index (χ0n) is 19.8. The summed E-state index contributed by atoms with van der Waals surface area (Å²) in [6, 6.07) is 7.80. The molecule has 0 radical (unpaired) electrons. The van der Waals surface area contributed by atoms with E-state index in [0.717, 1.165) is 23.8 Å². The number of nitrogens with zero attached hydrogens (tertiary/aromatic N) is 1. The van der Waals surface area contributed by atoms with E-state index < -0.39 is 62.0 Å². The van der Waals surface area contributed by atoms with Crippen molar-refractivity contribution in [3.8, 4) is 0 Å². The van der Waals surface area contributed by atoms with E-state index in [2.05, 4.69) is 0 Å². The molecule has 6 atom stereocenters. The van der Waals surface area contributed by atoms with Crippen LogP contribution in [0.3, 0.4) is 0 Å².